The lowest BCUT2D eigenvalue weighted by molar-refractivity contribution is -0.128. The molecule has 7 nitrogen and oxygen atoms in total. The standard InChI is InChI=1S/C20H22N2O5/c1-12(18(23)22-20(25)26-2)27-19(24)17-13-8-4-3-5-10-15(13)21-16-11-7-6-9-14(16)17/h6-7,9,11-12H,3-5,8,10H2,1-2H3,(H,22,23,25)/t12-/m0/s1. The molecule has 1 aromatic carbocycles. The summed E-state index contributed by atoms with van der Waals surface area (Å²) in [7, 11) is 1.15. The van der Waals surface area contributed by atoms with Crippen molar-refractivity contribution in [3.05, 3.63) is 41.1 Å². The minimum absolute atomic E-state index is 0.468. The van der Waals surface area contributed by atoms with Crippen LogP contribution in [0.2, 0.25) is 0 Å². The fourth-order valence-electron chi connectivity index (χ4n) is 3.31. The first-order chi connectivity index (χ1) is 13.0. The van der Waals surface area contributed by atoms with E-state index in [1.165, 1.54) is 6.92 Å². The van der Waals surface area contributed by atoms with Crippen molar-refractivity contribution < 1.29 is 23.9 Å². The second kappa shape index (κ2) is 8.16. The minimum atomic E-state index is -1.13. The van der Waals surface area contributed by atoms with Crippen LogP contribution in [0.3, 0.4) is 0 Å². The summed E-state index contributed by atoms with van der Waals surface area (Å²) in [5, 5.41) is 2.72. The van der Waals surface area contributed by atoms with Gasteiger partial charge >= 0.3 is 12.1 Å². The van der Waals surface area contributed by atoms with Crippen LogP contribution in [0.4, 0.5) is 4.79 Å². The van der Waals surface area contributed by atoms with Crippen LogP contribution in [-0.4, -0.2) is 36.2 Å². The Kier molecular flexibility index (Phi) is 5.69. The van der Waals surface area contributed by atoms with Crippen molar-refractivity contribution in [2.45, 2.75) is 45.1 Å². The smallest absolute Gasteiger partial charge is 0.413 e. The van der Waals surface area contributed by atoms with Gasteiger partial charge in [-0.1, -0.05) is 24.6 Å². The molecule has 0 bridgehead atoms. The Morgan fingerprint density at radius 1 is 1.11 bits per heavy atom. The van der Waals surface area contributed by atoms with Crippen molar-refractivity contribution in [1.29, 1.82) is 0 Å². The van der Waals surface area contributed by atoms with E-state index in [1.54, 1.807) is 0 Å². The molecule has 142 valence electrons. The van der Waals surface area contributed by atoms with E-state index in [9.17, 15) is 14.4 Å². The van der Waals surface area contributed by atoms with Gasteiger partial charge in [0.15, 0.2) is 6.10 Å². The van der Waals surface area contributed by atoms with Gasteiger partial charge in [0.2, 0.25) is 0 Å². The lowest BCUT2D eigenvalue weighted by Gasteiger charge is -2.17. The van der Waals surface area contributed by atoms with Crippen molar-refractivity contribution in [2.75, 3.05) is 7.11 Å². The van der Waals surface area contributed by atoms with Crippen molar-refractivity contribution in [3.63, 3.8) is 0 Å². The molecule has 0 aliphatic heterocycles. The quantitative estimate of drug-likeness (QED) is 0.659. The summed E-state index contributed by atoms with van der Waals surface area (Å²) < 4.78 is 9.76. The molecule has 3 rings (SSSR count). The SMILES string of the molecule is COC(=O)NC(=O)[C@H](C)OC(=O)c1c2c(nc3ccccc13)CCCCC2. The number of ether oxygens (including phenoxy) is 2. The number of imide groups is 1. The van der Waals surface area contributed by atoms with Crippen LogP contribution in [0, 0.1) is 0 Å². The largest absolute Gasteiger partial charge is 0.453 e. The summed E-state index contributed by atoms with van der Waals surface area (Å²) >= 11 is 0. The number of carbonyl (C=O) groups excluding carboxylic acids is 3. The number of esters is 1. The molecule has 0 unspecified atom stereocenters. The number of hydrogen-bond donors (Lipinski definition) is 1. The second-order valence-electron chi connectivity index (χ2n) is 6.52. The number of hydrogen-bond acceptors (Lipinski definition) is 6. The number of nitrogens with zero attached hydrogens (tertiary/aromatic N) is 1. The normalized spacial score (nSPS) is 14.6. The summed E-state index contributed by atoms with van der Waals surface area (Å²) in [5.41, 5.74) is 3.02. The summed E-state index contributed by atoms with van der Waals surface area (Å²) in [4.78, 5) is 40.9. The first kappa shape index (κ1) is 18.8. The van der Waals surface area contributed by atoms with E-state index in [1.807, 2.05) is 29.6 Å². The van der Waals surface area contributed by atoms with Crippen LogP contribution >= 0.6 is 0 Å². The van der Waals surface area contributed by atoms with Crippen LogP contribution in [0.5, 0.6) is 0 Å². The van der Waals surface area contributed by atoms with Crippen LogP contribution in [0.15, 0.2) is 24.3 Å². The van der Waals surface area contributed by atoms with E-state index in [-0.39, 0.29) is 0 Å². The number of aryl methyl sites for hydroxylation is 1. The van der Waals surface area contributed by atoms with E-state index < -0.39 is 24.1 Å². The Balaban J connectivity index is 1.95. The summed E-state index contributed by atoms with van der Waals surface area (Å²) in [6.45, 7) is 1.41. The highest BCUT2D eigenvalue weighted by Gasteiger charge is 2.26. The average Bonchev–Trinajstić information content (AvgIpc) is 2.90. The molecule has 2 aromatic rings. The lowest BCUT2D eigenvalue weighted by Crippen LogP contribution is -2.39. The van der Waals surface area contributed by atoms with Crippen LogP contribution < -0.4 is 5.32 Å². The van der Waals surface area contributed by atoms with Gasteiger partial charge in [0.25, 0.3) is 5.91 Å². The fraction of sp³-hybridized carbons (Fsp3) is 0.400. The van der Waals surface area contributed by atoms with Gasteiger partial charge in [0.05, 0.1) is 18.2 Å². The zero-order chi connectivity index (χ0) is 19.4. The first-order valence-electron chi connectivity index (χ1n) is 9.01. The first-order valence-corrected chi connectivity index (χ1v) is 9.01. The van der Waals surface area contributed by atoms with Crippen molar-refractivity contribution >= 4 is 28.9 Å². The molecule has 1 N–H and O–H groups in total. The zero-order valence-corrected chi connectivity index (χ0v) is 15.4. The van der Waals surface area contributed by atoms with Crippen molar-refractivity contribution in [3.8, 4) is 0 Å². The molecule has 1 aromatic heterocycles. The van der Waals surface area contributed by atoms with Gasteiger partial charge in [-0.05, 0) is 44.2 Å². The molecule has 7 heteroatoms. The average molecular weight is 370 g/mol. The number of aromatic nitrogens is 1. The molecule has 1 aliphatic rings. The molecule has 27 heavy (non-hydrogen) atoms. The predicted molar refractivity (Wildman–Crippen MR) is 98.4 cm³/mol. The van der Waals surface area contributed by atoms with Crippen LogP contribution in [-0.2, 0) is 27.1 Å². The van der Waals surface area contributed by atoms with Gasteiger partial charge < -0.3 is 9.47 Å². The lowest BCUT2D eigenvalue weighted by atomic mass is 9.97. The number of amides is 2. The summed E-state index contributed by atoms with van der Waals surface area (Å²) in [5.74, 6) is -1.32. The highest BCUT2D eigenvalue weighted by atomic mass is 16.6. The maximum atomic E-state index is 13.0. The molecular formula is C20H22N2O5. The number of alkyl carbamates (subject to hydrolysis) is 1. The predicted octanol–water partition coefficient (Wildman–Crippen LogP) is 2.93. The Bertz CT molecular complexity index is 893. The van der Waals surface area contributed by atoms with Gasteiger partial charge in [-0.25, -0.2) is 9.59 Å². The Hall–Kier alpha value is -2.96. The highest BCUT2D eigenvalue weighted by Crippen LogP contribution is 2.29. The molecule has 1 atom stereocenters. The number of methoxy groups -OCH3 is 1. The third kappa shape index (κ3) is 4.07. The number of para-hydroxylation sites is 1. The Morgan fingerprint density at radius 2 is 1.85 bits per heavy atom. The molecule has 0 radical (unpaired) electrons. The Labute approximate surface area is 157 Å². The molecule has 0 saturated carbocycles. The van der Waals surface area contributed by atoms with E-state index in [0.717, 1.165) is 56.0 Å². The summed E-state index contributed by atoms with van der Waals surface area (Å²) in [6, 6.07) is 7.42. The zero-order valence-electron chi connectivity index (χ0n) is 15.4. The van der Waals surface area contributed by atoms with Gasteiger partial charge in [0.1, 0.15) is 0 Å². The van der Waals surface area contributed by atoms with E-state index in [4.69, 9.17) is 9.72 Å². The topological polar surface area (TPSA) is 94.6 Å². The monoisotopic (exact) mass is 370 g/mol. The van der Waals surface area contributed by atoms with E-state index in [2.05, 4.69) is 4.74 Å². The van der Waals surface area contributed by atoms with Crippen LogP contribution in [0.25, 0.3) is 10.9 Å². The van der Waals surface area contributed by atoms with Gasteiger partial charge in [-0.3, -0.25) is 15.1 Å². The molecule has 2 amide bonds. The molecule has 0 spiro atoms. The number of benzene rings is 1. The molecule has 1 aliphatic carbocycles. The van der Waals surface area contributed by atoms with Crippen molar-refractivity contribution in [1.82, 2.24) is 10.3 Å². The summed E-state index contributed by atoms with van der Waals surface area (Å²) in [6.07, 6.45) is 2.63. The maximum absolute atomic E-state index is 13.0. The third-order valence-electron chi connectivity index (χ3n) is 4.69. The van der Waals surface area contributed by atoms with E-state index in [0.29, 0.717) is 10.9 Å². The fourth-order valence-corrected chi connectivity index (χ4v) is 3.31. The maximum Gasteiger partial charge on any atom is 0.413 e. The number of rotatable bonds is 3. The number of carbonyl (C=O) groups is 3. The second-order valence-corrected chi connectivity index (χ2v) is 6.52. The Morgan fingerprint density at radius 3 is 2.63 bits per heavy atom. The molecule has 1 heterocycles. The third-order valence-corrected chi connectivity index (χ3v) is 4.69. The van der Waals surface area contributed by atoms with Gasteiger partial charge in [-0.2, -0.15) is 0 Å². The molecular weight excluding hydrogens is 348 g/mol. The van der Waals surface area contributed by atoms with Crippen LogP contribution in [0.1, 0.15) is 47.8 Å². The molecule has 0 fully saturated rings. The highest BCUT2D eigenvalue weighted by molar-refractivity contribution is 6.06. The van der Waals surface area contributed by atoms with Gasteiger partial charge in [-0.15, -0.1) is 0 Å². The molecule has 0 saturated heterocycles. The number of fused-ring (bicyclic) bond motifs is 2. The number of nitrogens with one attached hydrogen (secondary N) is 1. The van der Waals surface area contributed by atoms with E-state index >= 15 is 0 Å². The minimum Gasteiger partial charge on any atom is -0.453 e. The van der Waals surface area contributed by atoms with Gasteiger partial charge in [0, 0.05) is 11.1 Å². The van der Waals surface area contributed by atoms with Crippen molar-refractivity contribution in [2.24, 2.45) is 0 Å². The number of pyridine rings is 1.